The van der Waals surface area contributed by atoms with Crippen LogP contribution in [0.4, 0.5) is 5.69 Å². The van der Waals surface area contributed by atoms with E-state index < -0.39 is 0 Å². The molecule has 0 saturated heterocycles. The molecule has 1 rings (SSSR count). The van der Waals surface area contributed by atoms with Crippen LogP contribution in [0.2, 0.25) is 0 Å². The van der Waals surface area contributed by atoms with Gasteiger partial charge in [0.1, 0.15) is 5.69 Å². The van der Waals surface area contributed by atoms with Crippen molar-refractivity contribution in [2.75, 3.05) is 5.73 Å². The predicted molar refractivity (Wildman–Crippen MR) is 57.3 cm³/mol. The number of nitrogens with zero attached hydrogens (tertiary/aromatic N) is 2. The average molecular weight is 195 g/mol. The molecule has 0 fully saturated rings. The number of aromatic nitrogens is 2. The van der Waals surface area contributed by atoms with E-state index in [0.717, 1.165) is 12.1 Å². The highest BCUT2D eigenvalue weighted by Gasteiger charge is 2.07. The summed E-state index contributed by atoms with van der Waals surface area (Å²) in [7, 11) is 0. The highest BCUT2D eigenvalue weighted by atomic mass is 16.1. The summed E-state index contributed by atoms with van der Waals surface area (Å²) < 4.78 is 1.45. The molecule has 0 aliphatic heterocycles. The Bertz CT molecular complexity index is 368. The quantitative estimate of drug-likeness (QED) is 0.792. The van der Waals surface area contributed by atoms with Gasteiger partial charge < -0.3 is 5.73 Å². The average Bonchev–Trinajstić information content (AvgIpc) is 2.12. The second kappa shape index (κ2) is 4.26. The Balaban J connectivity index is 3.21. The number of nitrogens with two attached hydrogens (primary N) is 1. The van der Waals surface area contributed by atoms with Gasteiger partial charge in [-0.1, -0.05) is 20.8 Å². The number of aryl methyl sites for hydroxylation is 1. The lowest BCUT2D eigenvalue weighted by molar-refractivity contribution is 0.549. The van der Waals surface area contributed by atoms with Crippen LogP contribution in [0.5, 0.6) is 0 Å². The van der Waals surface area contributed by atoms with Crippen LogP contribution in [0.15, 0.2) is 10.9 Å². The van der Waals surface area contributed by atoms with E-state index in [-0.39, 0.29) is 11.2 Å². The Morgan fingerprint density at radius 2 is 2.21 bits per heavy atom. The van der Waals surface area contributed by atoms with Crippen molar-refractivity contribution in [3.8, 4) is 0 Å². The van der Waals surface area contributed by atoms with E-state index in [1.54, 1.807) is 6.07 Å². The third kappa shape index (κ3) is 2.13. The first-order valence-electron chi connectivity index (χ1n) is 4.93. The van der Waals surface area contributed by atoms with E-state index in [0.29, 0.717) is 12.5 Å². The van der Waals surface area contributed by atoms with E-state index in [4.69, 9.17) is 5.73 Å². The Morgan fingerprint density at radius 1 is 1.57 bits per heavy atom. The van der Waals surface area contributed by atoms with Crippen molar-refractivity contribution in [3.63, 3.8) is 0 Å². The molecule has 0 aliphatic carbocycles. The van der Waals surface area contributed by atoms with Gasteiger partial charge in [-0.3, -0.25) is 4.79 Å². The lowest BCUT2D eigenvalue weighted by Gasteiger charge is -2.09. The van der Waals surface area contributed by atoms with Gasteiger partial charge in [-0.2, -0.15) is 5.10 Å². The first-order chi connectivity index (χ1) is 6.56. The molecule has 1 aromatic heterocycles. The van der Waals surface area contributed by atoms with Crippen LogP contribution in [0.25, 0.3) is 0 Å². The van der Waals surface area contributed by atoms with E-state index in [1.165, 1.54) is 4.68 Å². The molecule has 0 spiro atoms. The SMILES string of the molecule is CCCn1nc(C(C)C)cc(N)c1=O. The summed E-state index contributed by atoms with van der Waals surface area (Å²) in [4.78, 5) is 11.5. The summed E-state index contributed by atoms with van der Waals surface area (Å²) in [6.45, 7) is 6.70. The number of nitrogen functional groups attached to an aromatic ring is 1. The van der Waals surface area contributed by atoms with Gasteiger partial charge in [0.05, 0.1) is 5.69 Å². The number of rotatable bonds is 3. The van der Waals surface area contributed by atoms with Gasteiger partial charge in [0.2, 0.25) is 0 Å². The molecule has 0 aliphatic rings. The first-order valence-corrected chi connectivity index (χ1v) is 4.93. The monoisotopic (exact) mass is 195 g/mol. The van der Waals surface area contributed by atoms with Crippen molar-refractivity contribution in [3.05, 3.63) is 22.1 Å². The molecule has 0 radical (unpaired) electrons. The summed E-state index contributed by atoms with van der Waals surface area (Å²) in [6, 6.07) is 1.67. The highest BCUT2D eigenvalue weighted by Crippen LogP contribution is 2.11. The molecule has 1 aromatic rings. The van der Waals surface area contributed by atoms with Crippen LogP contribution in [-0.4, -0.2) is 9.78 Å². The molecule has 4 nitrogen and oxygen atoms in total. The lowest BCUT2D eigenvalue weighted by atomic mass is 10.1. The van der Waals surface area contributed by atoms with Crippen molar-refractivity contribution in [1.82, 2.24) is 9.78 Å². The van der Waals surface area contributed by atoms with Crippen LogP contribution in [0, 0.1) is 0 Å². The smallest absolute Gasteiger partial charge is 0.289 e. The summed E-state index contributed by atoms with van der Waals surface area (Å²) >= 11 is 0. The van der Waals surface area contributed by atoms with Crippen LogP contribution >= 0.6 is 0 Å². The van der Waals surface area contributed by atoms with Crippen LogP contribution in [-0.2, 0) is 6.54 Å². The number of hydrogen-bond acceptors (Lipinski definition) is 3. The van der Waals surface area contributed by atoms with E-state index in [9.17, 15) is 4.79 Å². The van der Waals surface area contributed by atoms with Gasteiger partial charge in [0.15, 0.2) is 0 Å². The molecule has 0 aromatic carbocycles. The lowest BCUT2D eigenvalue weighted by Crippen LogP contribution is -2.26. The fraction of sp³-hybridized carbons (Fsp3) is 0.600. The second-order valence-electron chi connectivity index (χ2n) is 3.71. The number of anilines is 1. The minimum Gasteiger partial charge on any atom is -0.394 e. The molecule has 0 bridgehead atoms. The standard InChI is InChI=1S/C10H17N3O/c1-4-5-13-10(14)8(11)6-9(12-13)7(2)3/h6-7H,4-5,11H2,1-3H3. The van der Waals surface area contributed by atoms with Gasteiger partial charge in [-0.25, -0.2) is 4.68 Å². The Hall–Kier alpha value is -1.32. The van der Waals surface area contributed by atoms with Gasteiger partial charge in [0, 0.05) is 6.54 Å². The minimum absolute atomic E-state index is 0.184. The van der Waals surface area contributed by atoms with Gasteiger partial charge in [-0.15, -0.1) is 0 Å². The molecule has 14 heavy (non-hydrogen) atoms. The zero-order chi connectivity index (χ0) is 10.7. The third-order valence-electron chi connectivity index (χ3n) is 2.05. The highest BCUT2D eigenvalue weighted by molar-refractivity contribution is 5.36. The maximum Gasteiger partial charge on any atom is 0.289 e. The topological polar surface area (TPSA) is 60.9 Å². The van der Waals surface area contributed by atoms with Crippen molar-refractivity contribution in [2.45, 2.75) is 39.7 Å². The van der Waals surface area contributed by atoms with Crippen molar-refractivity contribution >= 4 is 5.69 Å². The van der Waals surface area contributed by atoms with Gasteiger partial charge in [0.25, 0.3) is 5.56 Å². The summed E-state index contributed by atoms with van der Waals surface area (Å²) in [5, 5.41) is 4.25. The van der Waals surface area contributed by atoms with E-state index >= 15 is 0 Å². The third-order valence-corrected chi connectivity index (χ3v) is 2.05. The maximum atomic E-state index is 11.5. The fourth-order valence-electron chi connectivity index (χ4n) is 1.23. The molecule has 78 valence electrons. The summed E-state index contributed by atoms with van der Waals surface area (Å²) in [5.41, 5.74) is 6.59. The molecule has 0 amide bonds. The zero-order valence-corrected chi connectivity index (χ0v) is 8.95. The minimum atomic E-state index is -0.184. The second-order valence-corrected chi connectivity index (χ2v) is 3.71. The number of hydrogen-bond donors (Lipinski definition) is 1. The molecule has 4 heteroatoms. The molecule has 0 unspecified atom stereocenters. The molecule has 1 heterocycles. The zero-order valence-electron chi connectivity index (χ0n) is 8.95. The predicted octanol–water partition coefficient (Wildman–Crippen LogP) is 1.36. The Labute approximate surface area is 83.7 Å². The largest absolute Gasteiger partial charge is 0.394 e. The summed E-state index contributed by atoms with van der Waals surface area (Å²) in [6.07, 6.45) is 0.883. The normalized spacial score (nSPS) is 10.9. The Morgan fingerprint density at radius 3 is 2.71 bits per heavy atom. The summed E-state index contributed by atoms with van der Waals surface area (Å²) in [5.74, 6) is 0.293. The van der Waals surface area contributed by atoms with Gasteiger partial charge in [-0.05, 0) is 18.4 Å². The van der Waals surface area contributed by atoms with Crippen LogP contribution in [0.1, 0.15) is 38.8 Å². The molecular formula is C10H17N3O. The van der Waals surface area contributed by atoms with Crippen LogP contribution in [0.3, 0.4) is 0 Å². The Kier molecular flexibility index (Phi) is 3.28. The van der Waals surface area contributed by atoms with Crippen molar-refractivity contribution < 1.29 is 0 Å². The fourth-order valence-corrected chi connectivity index (χ4v) is 1.23. The maximum absolute atomic E-state index is 11.5. The van der Waals surface area contributed by atoms with Gasteiger partial charge >= 0.3 is 0 Å². The molecule has 0 saturated carbocycles. The molecular weight excluding hydrogens is 178 g/mol. The first kappa shape index (κ1) is 10.8. The van der Waals surface area contributed by atoms with Crippen LogP contribution < -0.4 is 11.3 Å². The van der Waals surface area contributed by atoms with Crippen molar-refractivity contribution in [2.24, 2.45) is 0 Å². The van der Waals surface area contributed by atoms with E-state index in [2.05, 4.69) is 5.10 Å². The molecule has 2 N–H and O–H groups in total. The van der Waals surface area contributed by atoms with Crippen molar-refractivity contribution in [1.29, 1.82) is 0 Å². The van der Waals surface area contributed by atoms with E-state index in [1.807, 2.05) is 20.8 Å². The molecule has 0 atom stereocenters.